The van der Waals surface area contributed by atoms with Crippen molar-refractivity contribution in [3.63, 3.8) is 0 Å². The zero-order valence-corrected chi connectivity index (χ0v) is 16.4. The summed E-state index contributed by atoms with van der Waals surface area (Å²) in [5, 5.41) is 0. The first-order valence-corrected chi connectivity index (χ1v) is 10.1. The molecule has 2 saturated heterocycles. The van der Waals surface area contributed by atoms with Crippen LogP contribution in [0.2, 0.25) is 0 Å². The summed E-state index contributed by atoms with van der Waals surface area (Å²) in [6.45, 7) is 3.53. The molecule has 2 fully saturated rings. The highest BCUT2D eigenvalue weighted by Gasteiger charge is 2.49. The molecule has 0 bridgehead atoms. The van der Waals surface area contributed by atoms with E-state index in [-0.39, 0.29) is 18.1 Å². The number of carbonyl (C=O) groups excluding carboxylic acids is 1. The number of carbonyl (C=O) groups is 1. The van der Waals surface area contributed by atoms with Crippen molar-refractivity contribution in [2.24, 2.45) is 0 Å². The van der Waals surface area contributed by atoms with Crippen molar-refractivity contribution in [1.29, 1.82) is 0 Å². The molecule has 5 heteroatoms. The molecule has 0 aliphatic carbocycles. The molecule has 1 amide bonds. The van der Waals surface area contributed by atoms with Crippen LogP contribution in [0.15, 0.2) is 54.6 Å². The minimum Gasteiger partial charge on any atom is -0.497 e. The predicted molar refractivity (Wildman–Crippen MR) is 110 cm³/mol. The predicted octanol–water partition coefficient (Wildman–Crippen LogP) is 3.48. The van der Waals surface area contributed by atoms with Gasteiger partial charge in [-0.2, -0.15) is 0 Å². The number of amides is 1. The van der Waals surface area contributed by atoms with Crippen LogP contribution >= 0.6 is 0 Å². The standard InChI is InChI=1S/C23H28N2O3/c1-27-20-12-10-19(11-13-20)25-21(16-24-14-6-3-7-15-24)22(23(25)26)28-17-18-8-4-2-5-9-18/h2,4-5,8-13,21-22H,3,6-7,14-17H2,1H3/t21-,22+/m0/s1. The van der Waals surface area contributed by atoms with Gasteiger partial charge in [-0.15, -0.1) is 0 Å². The van der Waals surface area contributed by atoms with Gasteiger partial charge in [-0.1, -0.05) is 36.8 Å². The van der Waals surface area contributed by atoms with Crippen molar-refractivity contribution in [3.05, 3.63) is 60.2 Å². The molecule has 5 nitrogen and oxygen atoms in total. The summed E-state index contributed by atoms with van der Waals surface area (Å²) in [5.74, 6) is 0.837. The summed E-state index contributed by atoms with van der Waals surface area (Å²) < 4.78 is 11.3. The minimum absolute atomic E-state index is 0.0442. The summed E-state index contributed by atoms with van der Waals surface area (Å²) in [6.07, 6.45) is 3.39. The van der Waals surface area contributed by atoms with E-state index in [1.807, 2.05) is 59.5 Å². The number of β-lactam (4-membered cyclic amide) rings is 1. The van der Waals surface area contributed by atoms with Crippen LogP contribution in [-0.2, 0) is 16.1 Å². The first-order chi connectivity index (χ1) is 13.8. The van der Waals surface area contributed by atoms with Crippen molar-refractivity contribution in [1.82, 2.24) is 4.90 Å². The Hall–Kier alpha value is -2.37. The lowest BCUT2D eigenvalue weighted by molar-refractivity contribution is -0.144. The number of rotatable bonds is 7. The van der Waals surface area contributed by atoms with Crippen LogP contribution in [0.3, 0.4) is 0 Å². The lowest BCUT2D eigenvalue weighted by Gasteiger charge is -2.48. The highest BCUT2D eigenvalue weighted by Crippen LogP contribution is 2.33. The smallest absolute Gasteiger partial charge is 0.258 e. The monoisotopic (exact) mass is 380 g/mol. The van der Waals surface area contributed by atoms with Crippen LogP contribution in [0.4, 0.5) is 5.69 Å². The number of ether oxygens (including phenoxy) is 2. The topological polar surface area (TPSA) is 42.0 Å². The Morgan fingerprint density at radius 1 is 0.964 bits per heavy atom. The molecule has 2 atom stereocenters. The fraction of sp³-hybridized carbons (Fsp3) is 0.435. The van der Waals surface area contributed by atoms with Crippen LogP contribution in [0.25, 0.3) is 0 Å². The number of methoxy groups -OCH3 is 1. The Bertz CT molecular complexity index is 772. The third kappa shape index (κ3) is 4.05. The van der Waals surface area contributed by atoms with Gasteiger partial charge in [0.25, 0.3) is 5.91 Å². The second-order valence-corrected chi connectivity index (χ2v) is 7.55. The zero-order valence-electron chi connectivity index (χ0n) is 16.4. The molecule has 2 aliphatic heterocycles. The molecule has 2 aromatic rings. The minimum atomic E-state index is -0.385. The molecule has 0 radical (unpaired) electrons. The van der Waals surface area contributed by atoms with E-state index in [4.69, 9.17) is 9.47 Å². The number of nitrogens with zero attached hydrogens (tertiary/aromatic N) is 2. The third-order valence-corrected chi connectivity index (χ3v) is 5.68. The number of benzene rings is 2. The lowest BCUT2D eigenvalue weighted by Crippen LogP contribution is -2.69. The third-order valence-electron chi connectivity index (χ3n) is 5.68. The Balaban J connectivity index is 1.48. The van der Waals surface area contributed by atoms with Crippen molar-refractivity contribution in [2.45, 2.75) is 38.0 Å². The van der Waals surface area contributed by atoms with Crippen molar-refractivity contribution < 1.29 is 14.3 Å². The summed E-state index contributed by atoms with van der Waals surface area (Å²) >= 11 is 0. The van der Waals surface area contributed by atoms with E-state index >= 15 is 0 Å². The molecule has 2 aliphatic rings. The lowest BCUT2D eigenvalue weighted by atomic mass is 9.94. The Morgan fingerprint density at radius 3 is 2.36 bits per heavy atom. The Labute approximate surface area is 166 Å². The number of hydrogen-bond donors (Lipinski definition) is 0. The van der Waals surface area contributed by atoms with Gasteiger partial charge in [0, 0.05) is 12.2 Å². The maximum atomic E-state index is 12.9. The van der Waals surface area contributed by atoms with E-state index in [0.29, 0.717) is 6.61 Å². The van der Waals surface area contributed by atoms with Crippen molar-refractivity contribution >= 4 is 11.6 Å². The van der Waals surface area contributed by atoms with E-state index in [1.165, 1.54) is 19.3 Å². The SMILES string of the molecule is COc1ccc(N2C(=O)[C@H](OCc3ccccc3)[C@@H]2CN2CCCCC2)cc1. The molecule has 0 saturated carbocycles. The van der Waals surface area contributed by atoms with Crippen LogP contribution in [0.1, 0.15) is 24.8 Å². The molecule has 28 heavy (non-hydrogen) atoms. The van der Waals surface area contributed by atoms with Crippen molar-refractivity contribution in [3.8, 4) is 5.75 Å². The molecular weight excluding hydrogens is 352 g/mol. The first kappa shape index (κ1) is 19.0. The van der Waals surface area contributed by atoms with E-state index in [9.17, 15) is 4.79 Å². The molecular formula is C23H28N2O3. The summed E-state index contributed by atoms with van der Waals surface area (Å²) in [4.78, 5) is 17.3. The van der Waals surface area contributed by atoms with Crippen molar-refractivity contribution in [2.75, 3.05) is 31.6 Å². The van der Waals surface area contributed by atoms with E-state index in [0.717, 1.165) is 36.6 Å². The largest absolute Gasteiger partial charge is 0.497 e. The summed E-state index contributed by atoms with van der Waals surface area (Å²) in [6, 6.07) is 17.8. The normalized spacial score (nSPS) is 22.8. The molecule has 2 heterocycles. The van der Waals surface area contributed by atoms with E-state index in [2.05, 4.69) is 4.90 Å². The van der Waals surface area contributed by atoms with Crippen LogP contribution in [-0.4, -0.2) is 49.7 Å². The second-order valence-electron chi connectivity index (χ2n) is 7.55. The fourth-order valence-corrected chi connectivity index (χ4v) is 4.11. The summed E-state index contributed by atoms with van der Waals surface area (Å²) in [7, 11) is 1.65. The first-order valence-electron chi connectivity index (χ1n) is 10.1. The van der Waals surface area contributed by atoms with Gasteiger partial charge in [-0.05, 0) is 55.8 Å². The van der Waals surface area contributed by atoms with Gasteiger partial charge in [0.1, 0.15) is 5.75 Å². The highest BCUT2D eigenvalue weighted by atomic mass is 16.5. The van der Waals surface area contributed by atoms with Crippen LogP contribution < -0.4 is 9.64 Å². The van der Waals surface area contributed by atoms with E-state index in [1.54, 1.807) is 7.11 Å². The zero-order chi connectivity index (χ0) is 19.3. The molecule has 148 valence electrons. The van der Waals surface area contributed by atoms with Crippen LogP contribution in [0.5, 0.6) is 5.75 Å². The number of anilines is 1. The quantitative estimate of drug-likeness (QED) is 0.690. The molecule has 0 unspecified atom stereocenters. The number of piperidine rings is 1. The highest BCUT2D eigenvalue weighted by molar-refractivity contribution is 6.05. The van der Waals surface area contributed by atoms with Gasteiger partial charge in [0.05, 0.1) is 19.8 Å². The molecule has 0 N–H and O–H groups in total. The van der Waals surface area contributed by atoms with E-state index < -0.39 is 0 Å². The van der Waals surface area contributed by atoms with Gasteiger partial charge in [-0.25, -0.2) is 0 Å². The van der Waals surface area contributed by atoms with Crippen LogP contribution in [0, 0.1) is 0 Å². The van der Waals surface area contributed by atoms with Gasteiger partial charge in [0.2, 0.25) is 0 Å². The average Bonchev–Trinajstić information content (AvgIpc) is 2.75. The fourth-order valence-electron chi connectivity index (χ4n) is 4.11. The molecule has 0 spiro atoms. The maximum Gasteiger partial charge on any atom is 0.258 e. The summed E-state index contributed by atoms with van der Waals surface area (Å²) in [5.41, 5.74) is 2.00. The Kier molecular flexibility index (Phi) is 5.93. The average molecular weight is 380 g/mol. The van der Waals surface area contributed by atoms with Gasteiger partial charge in [0.15, 0.2) is 6.10 Å². The van der Waals surface area contributed by atoms with Gasteiger partial charge >= 0.3 is 0 Å². The Morgan fingerprint density at radius 2 is 1.68 bits per heavy atom. The van der Waals surface area contributed by atoms with Gasteiger partial charge in [-0.3, -0.25) is 4.79 Å². The maximum absolute atomic E-state index is 12.9. The second kappa shape index (κ2) is 8.76. The number of hydrogen-bond acceptors (Lipinski definition) is 4. The molecule has 0 aromatic heterocycles. The molecule has 4 rings (SSSR count). The van der Waals surface area contributed by atoms with Gasteiger partial charge < -0.3 is 19.3 Å². The molecule has 2 aromatic carbocycles. The number of likely N-dealkylation sites (tertiary alicyclic amines) is 1.